The molecule has 0 spiro atoms. The highest BCUT2D eigenvalue weighted by Crippen LogP contribution is 2.47. The molecule has 0 bridgehead atoms. The molecule has 3 aromatic rings. The Morgan fingerprint density at radius 2 is 1.88 bits per heavy atom. The topological polar surface area (TPSA) is 91.7 Å². The molecule has 2 heterocycles. The van der Waals surface area contributed by atoms with E-state index in [1.54, 1.807) is 25.1 Å². The number of carbonyl (C=O) groups is 1. The number of nitrogens with two attached hydrogens (primary N) is 1. The first kappa shape index (κ1) is 23.3. The summed E-state index contributed by atoms with van der Waals surface area (Å²) in [4.78, 5) is 19.9. The van der Waals surface area contributed by atoms with Gasteiger partial charge < -0.3 is 10.5 Å². The Hall–Kier alpha value is -3.84. The molecule has 4 rings (SSSR count). The summed E-state index contributed by atoms with van der Waals surface area (Å²) in [6, 6.07) is 16.3. The maximum atomic E-state index is 13.3. The van der Waals surface area contributed by atoms with E-state index in [9.17, 15) is 23.2 Å². The van der Waals surface area contributed by atoms with Crippen LogP contribution in [0.3, 0.4) is 0 Å². The predicted octanol–water partition coefficient (Wildman–Crippen LogP) is 4.97. The molecule has 0 saturated carbocycles. The third-order valence-electron chi connectivity index (χ3n) is 5.70. The van der Waals surface area contributed by atoms with Gasteiger partial charge in [0, 0.05) is 11.9 Å². The van der Waals surface area contributed by atoms with Crippen LogP contribution in [0.4, 0.5) is 13.2 Å². The van der Waals surface area contributed by atoms with Gasteiger partial charge in [0.05, 0.1) is 17.6 Å². The first-order valence-electron chi connectivity index (χ1n) is 10.1. The van der Waals surface area contributed by atoms with E-state index >= 15 is 0 Å². The van der Waals surface area contributed by atoms with Crippen molar-refractivity contribution in [2.24, 2.45) is 10.7 Å². The van der Waals surface area contributed by atoms with Gasteiger partial charge in [0.1, 0.15) is 11.3 Å². The quantitative estimate of drug-likeness (QED) is 0.566. The summed E-state index contributed by atoms with van der Waals surface area (Å²) in [6.07, 6.45) is -4.81. The standard InChI is InChI=1S/C24H19F3N4O2S/c1-23(19-11-17(13-34-19)16-5-3-4-14(10-16)12-28)20(21(32)31(2)22(29)30-23)15-6-8-18(9-7-15)33-24(25,26)27/h3-11,13,20H,1-2H3,(H2,29,30)/t20-,23-/m1/s1. The van der Waals surface area contributed by atoms with E-state index in [1.165, 1.54) is 47.5 Å². The maximum absolute atomic E-state index is 13.3. The third-order valence-corrected chi connectivity index (χ3v) is 6.86. The second-order valence-electron chi connectivity index (χ2n) is 7.96. The van der Waals surface area contributed by atoms with Gasteiger partial charge in [-0.05, 0) is 59.3 Å². The average Bonchev–Trinajstić information content (AvgIpc) is 3.29. The van der Waals surface area contributed by atoms with Gasteiger partial charge in [-0.1, -0.05) is 24.3 Å². The van der Waals surface area contributed by atoms with Crippen LogP contribution in [-0.2, 0) is 10.3 Å². The highest BCUT2D eigenvalue weighted by atomic mass is 32.1. The number of nitrogens with zero attached hydrogens (tertiary/aromatic N) is 3. The molecule has 2 aromatic carbocycles. The Labute approximate surface area is 197 Å². The van der Waals surface area contributed by atoms with Crippen LogP contribution in [0.25, 0.3) is 11.1 Å². The number of hydrogen-bond acceptors (Lipinski definition) is 6. The van der Waals surface area contributed by atoms with Crippen LogP contribution in [0.15, 0.2) is 65.0 Å². The lowest BCUT2D eigenvalue weighted by Crippen LogP contribution is -2.52. The lowest BCUT2D eigenvalue weighted by Gasteiger charge is -2.40. The molecule has 0 fully saturated rings. The number of amides is 1. The third kappa shape index (κ3) is 4.34. The number of guanidine groups is 1. The zero-order valence-electron chi connectivity index (χ0n) is 18.1. The molecule has 2 atom stereocenters. The summed E-state index contributed by atoms with van der Waals surface area (Å²) in [5.74, 6) is -1.50. The number of nitriles is 1. The van der Waals surface area contributed by atoms with Crippen LogP contribution in [0.5, 0.6) is 5.75 Å². The maximum Gasteiger partial charge on any atom is 0.573 e. The number of ether oxygens (including phenoxy) is 1. The number of carbonyl (C=O) groups excluding carboxylic acids is 1. The molecule has 10 heteroatoms. The van der Waals surface area contributed by atoms with Crippen molar-refractivity contribution in [3.8, 4) is 22.9 Å². The van der Waals surface area contributed by atoms with Crippen molar-refractivity contribution < 1.29 is 22.7 Å². The molecule has 0 radical (unpaired) electrons. The van der Waals surface area contributed by atoms with Crippen LogP contribution in [0, 0.1) is 11.3 Å². The summed E-state index contributed by atoms with van der Waals surface area (Å²) in [6.45, 7) is 1.77. The van der Waals surface area contributed by atoms with Crippen molar-refractivity contribution in [2.75, 3.05) is 7.05 Å². The SMILES string of the molecule is CN1C(=O)[C@@H](c2ccc(OC(F)(F)F)cc2)[C@@](C)(c2cc(-c3cccc(C#N)c3)cs2)N=C1N. The number of benzene rings is 2. The monoisotopic (exact) mass is 484 g/mol. The van der Waals surface area contributed by atoms with E-state index in [1.807, 2.05) is 17.5 Å². The largest absolute Gasteiger partial charge is 0.573 e. The summed E-state index contributed by atoms with van der Waals surface area (Å²) in [5.41, 5.74) is 7.64. The van der Waals surface area contributed by atoms with Crippen molar-refractivity contribution >= 4 is 23.2 Å². The number of halogens is 3. The number of hydrogen-bond donors (Lipinski definition) is 1. The number of likely N-dealkylation sites (N-methyl/N-ethyl adjacent to an activating group) is 1. The zero-order chi connectivity index (χ0) is 24.7. The smallest absolute Gasteiger partial charge is 0.406 e. The van der Waals surface area contributed by atoms with Crippen molar-refractivity contribution in [1.82, 2.24) is 4.90 Å². The Morgan fingerprint density at radius 1 is 1.18 bits per heavy atom. The molecular formula is C24H19F3N4O2S. The Morgan fingerprint density at radius 3 is 2.53 bits per heavy atom. The van der Waals surface area contributed by atoms with Crippen LogP contribution in [0.2, 0.25) is 0 Å². The van der Waals surface area contributed by atoms with E-state index in [-0.39, 0.29) is 17.6 Å². The first-order chi connectivity index (χ1) is 16.0. The summed E-state index contributed by atoms with van der Waals surface area (Å²) in [7, 11) is 1.50. The number of rotatable bonds is 4. The summed E-state index contributed by atoms with van der Waals surface area (Å²) in [5, 5.41) is 11.1. The summed E-state index contributed by atoms with van der Waals surface area (Å²) >= 11 is 1.39. The molecule has 0 unspecified atom stereocenters. The van der Waals surface area contributed by atoms with Crippen molar-refractivity contribution in [3.05, 3.63) is 76.0 Å². The Bertz CT molecular complexity index is 1310. The fourth-order valence-electron chi connectivity index (χ4n) is 3.97. The Balaban J connectivity index is 1.77. The zero-order valence-corrected chi connectivity index (χ0v) is 18.9. The van der Waals surface area contributed by atoms with Crippen LogP contribution in [0.1, 0.15) is 28.8 Å². The van der Waals surface area contributed by atoms with Gasteiger partial charge >= 0.3 is 6.36 Å². The first-order valence-corrected chi connectivity index (χ1v) is 11.0. The fourth-order valence-corrected chi connectivity index (χ4v) is 5.03. The van der Waals surface area contributed by atoms with Gasteiger partial charge in [0.2, 0.25) is 5.91 Å². The molecule has 34 heavy (non-hydrogen) atoms. The Kier molecular flexibility index (Phi) is 5.83. The van der Waals surface area contributed by atoms with Crippen LogP contribution < -0.4 is 10.5 Å². The molecule has 1 amide bonds. The van der Waals surface area contributed by atoms with Gasteiger partial charge in [-0.2, -0.15) is 5.26 Å². The minimum absolute atomic E-state index is 0.0437. The average molecular weight is 485 g/mol. The molecule has 1 aliphatic rings. The summed E-state index contributed by atoms with van der Waals surface area (Å²) < 4.78 is 41.6. The number of alkyl halides is 3. The fraction of sp³-hybridized carbons (Fsp3) is 0.208. The van der Waals surface area contributed by atoms with E-state index in [0.717, 1.165) is 16.0 Å². The molecule has 6 nitrogen and oxygen atoms in total. The lowest BCUT2D eigenvalue weighted by atomic mass is 9.77. The number of aliphatic imine (C=N–C) groups is 1. The minimum atomic E-state index is -4.81. The predicted molar refractivity (Wildman–Crippen MR) is 122 cm³/mol. The molecule has 0 saturated heterocycles. The molecule has 1 aromatic heterocycles. The molecule has 2 N–H and O–H groups in total. The highest BCUT2D eigenvalue weighted by Gasteiger charge is 2.48. The van der Waals surface area contributed by atoms with Gasteiger partial charge in [-0.25, -0.2) is 4.99 Å². The van der Waals surface area contributed by atoms with Gasteiger partial charge in [0.25, 0.3) is 0 Å². The van der Waals surface area contributed by atoms with Crippen LogP contribution >= 0.6 is 11.3 Å². The molecule has 174 valence electrons. The van der Waals surface area contributed by atoms with Crippen molar-refractivity contribution in [1.29, 1.82) is 5.26 Å². The highest BCUT2D eigenvalue weighted by molar-refractivity contribution is 7.10. The van der Waals surface area contributed by atoms with E-state index in [0.29, 0.717) is 11.1 Å². The molecular weight excluding hydrogens is 465 g/mol. The van der Waals surface area contributed by atoms with Gasteiger partial charge in [-0.3, -0.25) is 9.69 Å². The second kappa shape index (κ2) is 8.50. The van der Waals surface area contributed by atoms with Crippen molar-refractivity contribution in [3.63, 3.8) is 0 Å². The van der Waals surface area contributed by atoms with Crippen molar-refractivity contribution in [2.45, 2.75) is 24.7 Å². The minimum Gasteiger partial charge on any atom is -0.406 e. The second-order valence-corrected chi connectivity index (χ2v) is 8.87. The van der Waals surface area contributed by atoms with E-state index in [4.69, 9.17) is 5.73 Å². The van der Waals surface area contributed by atoms with Crippen LogP contribution in [-0.4, -0.2) is 30.2 Å². The lowest BCUT2D eigenvalue weighted by molar-refractivity contribution is -0.274. The molecule has 1 aliphatic heterocycles. The molecule has 0 aliphatic carbocycles. The van der Waals surface area contributed by atoms with E-state index in [2.05, 4.69) is 15.8 Å². The normalized spacial score (nSPS) is 20.6. The number of thiophene rings is 1. The van der Waals surface area contributed by atoms with E-state index < -0.39 is 17.8 Å². The van der Waals surface area contributed by atoms with Gasteiger partial charge in [0.15, 0.2) is 5.96 Å². The van der Waals surface area contributed by atoms with Gasteiger partial charge in [-0.15, -0.1) is 24.5 Å².